The van der Waals surface area contributed by atoms with E-state index in [1.165, 1.54) is 18.3 Å². The molecule has 0 atom stereocenters. The van der Waals surface area contributed by atoms with E-state index < -0.39 is 0 Å². The number of hydrogen-bond donors (Lipinski definition) is 1. The van der Waals surface area contributed by atoms with Gasteiger partial charge in [0, 0.05) is 23.6 Å². The minimum Gasteiger partial charge on any atom is -0.497 e. The second kappa shape index (κ2) is 6.91. The van der Waals surface area contributed by atoms with Crippen LogP contribution in [0.1, 0.15) is 10.4 Å². The molecule has 0 fully saturated rings. The number of aromatic nitrogens is 1. The summed E-state index contributed by atoms with van der Waals surface area (Å²) in [5.74, 6) is 0.0919. The lowest BCUT2D eigenvalue weighted by Gasteiger charge is -2.08. The number of halogens is 1. The number of ether oxygens (including phenoxy) is 1. The van der Waals surface area contributed by atoms with Gasteiger partial charge in [-0.25, -0.2) is 4.39 Å². The average molecular weight is 322 g/mol. The predicted molar refractivity (Wildman–Crippen MR) is 90.6 cm³/mol. The molecule has 1 amide bonds. The van der Waals surface area contributed by atoms with Gasteiger partial charge in [0.25, 0.3) is 5.91 Å². The second-order valence-corrected chi connectivity index (χ2v) is 5.16. The van der Waals surface area contributed by atoms with Gasteiger partial charge in [-0.05, 0) is 48.0 Å². The Kier molecular flexibility index (Phi) is 4.52. The van der Waals surface area contributed by atoms with Crippen molar-refractivity contribution in [1.82, 2.24) is 4.98 Å². The highest BCUT2D eigenvalue weighted by molar-refractivity contribution is 6.04. The topological polar surface area (TPSA) is 51.2 Å². The summed E-state index contributed by atoms with van der Waals surface area (Å²) in [5, 5.41) is 2.79. The quantitative estimate of drug-likeness (QED) is 0.785. The van der Waals surface area contributed by atoms with Crippen LogP contribution in [0.2, 0.25) is 0 Å². The first kappa shape index (κ1) is 15.7. The Labute approximate surface area is 138 Å². The van der Waals surface area contributed by atoms with Crippen molar-refractivity contribution in [2.75, 3.05) is 12.4 Å². The van der Waals surface area contributed by atoms with E-state index in [-0.39, 0.29) is 11.7 Å². The van der Waals surface area contributed by atoms with Gasteiger partial charge in [0.2, 0.25) is 0 Å². The molecule has 0 aliphatic rings. The van der Waals surface area contributed by atoms with Crippen LogP contribution in [0, 0.1) is 5.82 Å². The molecule has 4 nitrogen and oxygen atoms in total. The van der Waals surface area contributed by atoms with Crippen LogP contribution >= 0.6 is 0 Å². The monoisotopic (exact) mass is 322 g/mol. The number of nitrogens with one attached hydrogen (secondary N) is 1. The highest BCUT2D eigenvalue weighted by Crippen LogP contribution is 2.21. The summed E-state index contributed by atoms with van der Waals surface area (Å²) in [6.45, 7) is 0. The van der Waals surface area contributed by atoms with Crippen molar-refractivity contribution in [3.05, 3.63) is 78.4 Å². The Balaban J connectivity index is 1.81. The second-order valence-electron chi connectivity index (χ2n) is 5.16. The highest BCUT2D eigenvalue weighted by atomic mass is 19.1. The van der Waals surface area contributed by atoms with Gasteiger partial charge >= 0.3 is 0 Å². The lowest BCUT2D eigenvalue weighted by atomic mass is 10.1. The van der Waals surface area contributed by atoms with Crippen molar-refractivity contribution >= 4 is 11.6 Å². The molecule has 1 aromatic heterocycles. The minimum absolute atomic E-state index is 0.286. The van der Waals surface area contributed by atoms with Gasteiger partial charge in [-0.1, -0.05) is 12.1 Å². The summed E-state index contributed by atoms with van der Waals surface area (Å²) in [6.07, 6.45) is 3.07. The number of benzene rings is 2. The number of nitrogens with zero attached hydrogens (tertiary/aromatic N) is 1. The molecule has 2 aromatic carbocycles. The predicted octanol–water partition coefficient (Wildman–Crippen LogP) is 4.15. The smallest absolute Gasteiger partial charge is 0.257 e. The molecule has 0 bridgehead atoms. The number of methoxy groups -OCH3 is 1. The van der Waals surface area contributed by atoms with Crippen molar-refractivity contribution in [1.29, 1.82) is 0 Å². The van der Waals surface area contributed by atoms with Crippen molar-refractivity contribution in [2.24, 2.45) is 0 Å². The fraction of sp³-hybridized carbons (Fsp3) is 0.0526. The van der Waals surface area contributed by atoms with E-state index in [1.54, 1.807) is 55.8 Å². The van der Waals surface area contributed by atoms with Crippen LogP contribution in [0.25, 0.3) is 11.1 Å². The normalized spacial score (nSPS) is 10.2. The lowest BCUT2D eigenvalue weighted by Crippen LogP contribution is -2.12. The van der Waals surface area contributed by atoms with Crippen molar-refractivity contribution in [3.8, 4) is 16.9 Å². The summed E-state index contributed by atoms with van der Waals surface area (Å²) in [5.41, 5.74) is 2.39. The third-order valence-corrected chi connectivity index (χ3v) is 3.51. The van der Waals surface area contributed by atoms with E-state index in [9.17, 15) is 9.18 Å². The summed E-state index contributed by atoms with van der Waals surface area (Å²) < 4.78 is 18.4. The molecule has 0 aliphatic heterocycles. The van der Waals surface area contributed by atoms with Crippen molar-refractivity contribution in [3.63, 3.8) is 0 Å². The Morgan fingerprint density at radius 2 is 1.83 bits per heavy atom. The number of hydrogen-bond acceptors (Lipinski definition) is 3. The summed E-state index contributed by atoms with van der Waals surface area (Å²) in [4.78, 5) is 16.4. The summed E-state index contributed by atoms with van der Waals surface area (Å²) in [6, 6.07) is 14.9. The van der Waals surface area contributed by atoms with Gasteiger partial charge < -0.3 is 10.1 Å². The van der Waals surface area contributed by atoms with Gasteiger partial charge in [0.05, 0.1) is 12.7 Å². The average Bonchev–Trinajstić information content (AvgIpc) is 2.62. The van der Waals surface area contributed by atoms with Crippen molar-refractivity contribution in [2.45, 2.75) is 0 Å². The number of carbonyl (C=O) groups is 1. The van der Waals surface area contributed by atoms with Crippen LogP contribution in [0.4, 0.5) is 10.1 Å². The Morgan fingerprint density at radius 1 is 1.04 bits per heavy atom. The van der Waals surface area contributed by atoms with E-state index >= 15 is 0 Å². The fourth-order valence-electron chi connectivity index (χ4n) is 2.27. The lowest BCUT2D eigenvalue weighted by molar-refractivity contribution is 0.102. The molecule has 0 spiro atoms. The molecule has 24 heavy (non-hydrogen) atoms. The Morgan fingerprint density at radius 3 is 2.54 bits per heavy atom. The molecule has 0 unspecified atom stereocenters. The van der Waals surface area contributed by atoms with Crippen LogP contribution in [0.15, 0.2) is 67.0 Å². The zero-order chi connectivity index (χ0) is 16.9. The first-order chi connectivity index (χ1) is 11.7. The SMILES string of the molecule is COc1ccc(NC(=O)c2cncc(-c3cccc(F)c3)c2)cc1. The Bertz CT molecular complexity index is 863. The molecule has 1 heterocycles. The molecule has 5 heteroatoms. The maximum Gasteiger partial charge on any atom is 0.257 e. The van der Waals surface area contributed by atoms with Gasteiger partial charge in [0.15, 0.2) is 0 Å². The number of amides is 1. The number of rotatable bonds is 4. The molecule has 0 aliphatic carbocycles. The van der Waals surface area contributed by atoms with Crippen LogP contribution in [-0.2, 0) is 0 Å². The minimum atomic E-state index is -0.333. The number of anilines is 1. The molecule has 1 N–H and O–H groups in total. The first-order valence-electron chi connectivity index (χ1n) is 7.32. The largest absolute Gasteiger partial charge is 0.497 e. The van der Waals surface area contributed by atoms with E-state index in [2.05, 4.69) is 10.3 Å². The highest BCUT2D eigenvalue weighted by Gasteiger charge is 2.09. The van der Waals surface area contributed by atoms with E-state index in [0.29, 0.717) is 28.1 Å². The molecule has 3 rings (SSSR count). The zero-order valence-electron chi connectivity index (χ0n) is 13.0. The third kappa shape index (κ3) is 3.57. The van der Waals surface area contributed by atoms with Crippen LogP contribution in [0.3, 0.4) is 0 Å². The first-order valence-corrected chi connectivity index (χ1v) is 7.32. The van der Waals surface area contributed by atoms with E-state index in [0.717, 1.165) is 0 Å². The fourth-order valence-corrected chi connectivity index (χ4v) is 2.27. The molecule has 0 radical (unpaired) electrons. The maximum absolute atomic E-state index is 13.4. The molecule has 120 valence electrons. The third-order valence-electron chi connectivity index (χ3n) is 3.51. The molecule has 0 saturated carbocycles. The Hall–Kier alpha value is -3.21. The van der Waals surface area contributed by atoms with Gasteiger partial charge in [-0.2, -0.15) is 0 Å². The molecule has 3 aromatic rings. The number of pyridine rings is 1. The van der Waals surface area contributed by atoms with Crippen LogP contribution < -0.4 is 10.1 Å². The van der Waals surface area contributed by atoms with Crippen LogP contribution in [-0.4, -0.2) is 18.0 Å². The van der Waals surface area contributed by atoms with E-state index in [4.69, 9.17) is 4.74 Å². The summed E-state index contributed by atoms with van der Waals surface area (Å²) >= 11 is 0. The van der Waals surface area contributed by atoms with Gasteiger partial charge in [-0.15, -0.1) is 0 Å². The zero-order valence-corrected chi connectivity index (χ0v) is 13.0. The summed E-state index contributed by atoms with van der Waals surface area (Å²) in [7, 11) is 1.58. The number of carbonyl (C=O) groups excluding carboxylic acids is 1. The van der Waals surface area contributed by atoms with Crippen molar-refractivity contribution < 1.29 is 13.9 Å². The maximum atomic E-state index is 13.4. The standard InChI is InChI=1S/C19H15FN2O2/c1-24-18-7-5-17(6-8-18)22-19(23)15-9-14(11-21-12-15)13-3-2-4-16(20)10-13/h2-12H,1H3,(H,22,23). The van der Waals surface area contributed by atoms with Gasteiger partial charge in [-0.3, -0.25) is 9.78 Å². The molecular formula is C19H15FN2O2. The van der Waals surface area contributed by atoms with Crippen LogP contribution in [0.5, 0.6) is 5.75 Å². The van der Waals surface area contributed by atoms with Gasteiger partial charge in [0.1, 0.15) is 11.6 Å². The molecular weight excluding hydrogens is 307 g/mol. The van der Waals surface area contributed by atoms with E-state index in [1.807, 2.05) is 0 Å². The molecule has 0 saturated heterocycles.